The van der Waals surface area contributed by atoms with E-state index < -0.39 is 69.6 Å². The largest absolute Gasteiger partial charge is 0.510 e. The van der Waals surface area contributed by atoms with Crippen molar-refractivity contribution in [2.45, 2.75) is 31.0 Å². The quantitative estimate of drug-likeness (QED) is 0.275. The maximum absolute atomic E-state index is 15.7. The van der Waals surface area contributed by atoms with Crippen molar-refractivity contribution in [3.63, 3.8) is 0 Å². The lowest BCUT2D eigenvalue weighted by Gasteiger charge is -2.50. The maximum atomic E-state index is 15.7. The van der Waals surface area contributed by atoms with Crippen LogP contribution in [0.15, 0.2) is 28.7 Å². The van der Waals surface area contributed by atoms with Crippen LogP contribution in [0.4, 0.5) is 4.39 Å². The van der Waals surface area contributed by atoms with Crippen LogP contribution >= 0.6 is 0 Å². The normalized spacial score (nSPS) is 29.8. The predicted octanol–water partition coefficient (Wildman–Crippen LogP) is -0.316. The Kier molecular flexibility index (Phi) is 6.14. The number of nitrogens with zero attached hydrogens (tertiary/aromatic N) is 2. The van der Waals surface area contributed by atoms with E-state index in [4.69, 9.17) is 5.73 Å². The summed E-state index contributed by atoms with van der Waals surface area (Å²) in [7, 11) is 3.07. The summed E-state index contributed by atoms with van der Waals surface area (Å²) in [6, 6.07) is 0.0343. The number of likely N-dealkylation sites (tertiary alicyclic amines) is 1. The molecule has 1 saturated heterocycles. The molecule has 3 aliphatic carbocycles. The summed E-state index contributed by atoms with van der Waals surface area (Å²) >= 11 is 0. The van der Waals surface area contributed by atoms with Crippen LogP contribution in [0.25, 0.3) is 0 Å². The highest BCUT2D eigenvalue weighted by Gasteiger charge is 2.63. The van der Waals surface area contributed by atoms with Gasteiger partial charge in [-0.1, -0.05) is 0 Å². The molecule has 5 rings (SSSR count). The standard InChI is InChI=1S/C26H30FN3O8/c1-29(2)20-14-4-11-3-13-17(15(32)5-12(19(13)27)8-30-6-10(7-30)9-31)21(33)16(11)23(35)26(14,38)24(36)18(22(20)34)25(28)37/h5,10-11,14,20,31-32,34-35,38H,3-4,6-9H2,1-2H3,(H2,28,37)/t11-,14-,20-,26-/m0/s1. The molecule has 1 aromatic carbocycles. The molecule has 0 spiro atoms. The number of rotatable bonds is 5. The lowest BCUT2D eigenvalue weighted by atomic mass is 9.58. The van der Waals surface area contributed by atoms with Crippen molar-refractivity contribution in [3.8, 4) is 5.75 Å². The first-order chi connectivity index (χ1) is 17.8. The van der Waals surface area contributed by atoms with Gasteiger partial charge in [0.25, 0.3) is 5.91 Å². The molecule has 7 N–H and O–H groups in total. The van der Waals surface area contributed by atoms with Gasteiger partial charge in [0.05, 0.1) is 11.6 Å². The number of likely N-dealkylation sites (N-methyl/N-ethyl adjacent to an activating group) is 1. The molecule has 38 heavy (non-hydrogen) atoms. The molecule has 0 bridgehead atoms. The number of phenolic OH excluding ortho intramolecular Hbond substituents is 1. The average molecular weight is 532 g/mol. The third-order valence-corrected chi connectivity index (χ3v) is 8.42. The van der Waals surface area contributed by atoms with Gasteiger partial charge in [-0.05, 0) is 38.9 Å². The van der Waals surface area contributed by atoms with E-state index in [9.17, 15) is 39.9 Å². The zero-order chi connectivity index (χ0) is 27.8. The second-order valence-electron chi connectivity index (χ2n) is 10.9. The molecular formula is C26H30FN3O8. The van der Waals surface area contributed by atoms with Gasteiger partial charge in [0.15, 0.2) is 11.4 Å². The van der Waals surface area contributed by atoms with Gasteiger partial charge < -0.3 is 31.3 Å². The molecule has 4 aliphatic rings. The number of primary amides is 1. The molecule has 0 saturated carbocycles. The molecule has 1 fully saturated rings. The van der Waals surface area contributed by atoms with Crippen LogP contribution in [0, 0.1) is 23.6 Å². The molecule has 0 aromatic heterocycles. The van der Waals surface area contributed by atoms with Crippen LogP contribution in [0.2, 0.25) is 0 Å². The van der Waals surface area contributed by atoms with Crippen molar-refractivity contribution in [1.82, 2.24) is 9.80 Å². The highest BCUT2D eigenvalue weighted by Crippen LogP contribution is 2.52. The molecular weight excluding hydrogens is 501 g/mol. The van der Waals surface area contributed by atoms with Gasteiger partial charge >= 0.3 is 0 Å². The monoisotopic (exact) mass is 531 g/mol. The second kappa shape index (κ2) is 8.87. The number of aliphatic hydroxyl groups excluding tert-OH is 3. The zero-order valence-electron chi connectivity index (χ0n) is 20.9. The summed E-state index contributed by atoms with van der Waals surface area (Å²) in [4.78, 5) is 42.2. The first kappa shape index (κ1) is 26.3. The molecule has 1 aliphatic heterocycles. The molecule has 204 valence electrons. The molecule has 12 heteroatoms. The Hall–Kier alpha value is -3.32. The zero-order valence-corrected chi connectivity index (χ0v) is 20.9. The van der Waals surface area contributed by atoms with Crippen LogP contribution in [-0.4, -0.2) is 98.2 Å². The van der Waals surface area contributed by atoms with Crippen molar-refractivity contribution in [1.29, 1.82) is 0 Å². The number of phenols is 1. The number of halogens is 1. The SMILES string of the molecule is CN(C)[C@@H]1C(O)=C(C(N)=O)C(=O)[C@@]2(O)C(O)=C3C(=O)c4c(O)cc(CN5CC(CO)C5)c(F)c4C[C@H]3C[C@@H]12. The van der Waals surface area contributed by atoms with E-state index >= 15 is 4.39 Å². The summed E-state index contributed by atoms with van der Waals surface area (Å²) in [5.74, 6) is -8.28. The highest BCUT2D eigenvalue weighted by atomic mass is 19.1. The van der Waals surface area contributed by atoms with Crippen molar-refractivity contribution in [2.75, 3.05) is 33.8 Å². The van der Waals surface area contributed by atoms with Gasteiger partial charge in [-0.15, -0.1) is 0 Å². The highest BCUT2D eigenvalue weighted by molar-refractivity contribution is 6.24. The fourth-order valence-electron chi connectivity index (χ4n) is 6.63. The fraction of sp³-hybridized carbons (Fsp3) is 0.500. The van der Waals surface area contributed by atoms with Crippen LogP contribution in [0.5, 0.6) is 5.75 Å². The number of hydrogen-bond donors (Lipinski definition) is 6. The topological polar surface area (TPSA) is 185 Å². The van der Waals surface area contributed by atoms with E-state index in [1.165, 1.54) is 19.0 Å². The summed E-state index contributed by atoms with van der Waals surface area (Å²) in [6.07, 6.45) is -0.221. The van der Waals surface area contributed by atoms with Gasteiger partial charge in [-0.2, -0.15) is 0 Å². The molecule has 0 unspecified atom stereocenters. The second-order valence-corrected chi connectivity index (χ2v) is 10.9. The van der Waals surface area contributed by atoms with Gasteiger partial charge in [0.1, 0.15) is 28.7 Å². The molecule has 1 amide bonds. The van der Waals surface area contributed by atoms with E-state index in [1.807, 2.05) is 4.90 Å². The molecule has 11 nitrogen and oxygen atoms in total. The number of hydrogen-bond acceptors (Lipinski definition) is 10. The van der Waals surface area contributed by atoms with Gasteiger partial charge in [0.2, 0.25) is 5.78 Å². The van der Waals surface area contributed by atoms with Crippen LogP contribution in [-0.2, 0) is 22.6 Å². The van der Waals surface area contributed by atoms with E-state index in [0.29, 0.717) is 13.1 Å². The predicted molar refractivity (Wildman–Crippen MR) is 129 cm³/mol. The number of fused-ring (bicyclic) bond motifs is 3. The average Bonchev–Trinajstić information content (AvgIpc) is 2.80. The Balaban J connectivity index is 1.60. The minimum atomic E-state index is -2.74. The smallest absolute Gasteiger partial charge is 0.255 e. The number of benzene rings is 1. The number of aromatic hydroxyl groups is 1. The van der Waals surface area contributed by atoms with E-state index in [-0.39, 0.29) is 54.2 Å². The summed E-state index contributed by atoms with van der Waals surface area (Å²) in [5.41, 5.74) is 1.15. The van der Waals surface area contributed by atoms with Crippen LogP contribution in [0.3, 0.4) is 0 Å². The fourth-order valence-corrected chi connectivity index (χ4v) is 6.63. The van der Waals surface area contributed by atoms with Crippen LogP contribution < -0.4 is 5.73 Å². The lowest BCUT2D eigenvalue weighted by molar-refractivity contribution is -0.148. The Bertz CT molecular complexity index is 1330. The van der Waals surface area contributed by atoms with Gasteiger partial charge in [-0.3, -0.25) is 24.2 Å². The number of carbonyl (C=O) groups is 3. The minimum Gasteiger partial charge on any atom is -0.510 e. The van der Waals surface area contributed by atoms with E-state index in [0.717, 1.165) is 6.07 Å². The number of Topliss-reactive ketones (excluding diaryl/α,β-unsaturated/α-hetero) is 2. The number of allylic oxidation sites excluding steroid dienone is 1. The number of carbonyl (C=O) groups excluding carboxylic acids is 3. The Morgan fingerprint density at radius 2 is 1.89 bits per heavy atom. The number of ketones is 2. The third kappa shape index (κ3) is 3.51. The minimum absolute atomic E-state index is 0.0266. The van der Waals surface area contributed by atoms with E-state index in [2.05, 4.69) is 0 Å². The van der Waals surface area contributed by atoms with Crippen molar-refractivity contribution in [3.05, 3.63) is 51.2 Å². The first-order valence-electron chi connectivity index (χ1n) is 12.3. The van der Waals surface area contributed by atoms with Crippen molar-refractivity contribution in [2.24, 2.45) is 23.5 Å². The van der Waals surface area contributed by atoms with Crippen LogP contribution in [0.1, 0.15) is 27.9 Å². The molecule has 0 radical (unpaired) electrons. The summed E-state index contributed by atoms with van der Waals surface area (Å²) in [5, 5.41) is 53.6. The van der Waals surface area contributed by atoms with Crippen molar-refractivity contribution < 1.29 is 44.3 Å². The van der Waals surface area contributed by atoms with Gasteiger partial charge in [0, 0.05) is 54.8 Å². The first-order valence-corrected chi connectivity index (χ1v) is 12.3. The Morgan fingerprint density at radius 3 is 2.47 bits per heavy atom. The number of aliphatic hydroxyl groups is 4. The Morgan fingerprint density at radius 1 is 1.24 bits per heavy atom. The molecule has 1 aromatic rings. The van der Waals surface area contributed by atoms with E-state index in [1.54, 1.807) is 0 Å². The summed E-state index contributed by atoms with van der Waals surface area (Å²) < 4.78 is 15.7. The Labute approximate surface area is 217 Å². The molecule has 4 atom stereocenters. The third-order valence-electron chi connectivity index (χ3n) is 8.42. The van der Waals surface area contributed by atoms with Crippen molar-refractivity contribution >= 4 is 17.5 Å². The summed E-state index contributed by atoms with van der Waals surface area (Å²) in [6.45, 7) is 1.34. The number of nitrogens with two attached hydrogens (primary N) is 1. The number of amides is 1. The maximum Gasteiger partial charge on any atom is 0.255 e. The van der Waals surface area contributed by atoms with Gasteiger partial charge in [-0.25, -0.2) is 4.39 Å². The molecule has 1 heterocycles. The lowest BCUT2D eigenvalue weighted by Crippen LogP contribution is -2.63.